The zero-order valence-electron chi connectivity index (χ0n) is 13.4. The Morgan fingerprint density at radius 3 is 2.76 bits per heavy atom. The van der Waals surface area contributed by atoms with Crippen LogP contribution in [0.25, 0.3) is 0 Å². The summed E-state index contributed by atoms with van der Waals surface area (Å²) in [5.74, 6) is 0. The number of aliphatic hydroxyl groups is 1. The van der Waals surface area contributed by atoms with Gasteiger partial charge in [0.25, 0.3) is 0 Å². The lowest BCUT2D eigenvalue weighted by Crippen LogP contribution is -2.65. The Kier molecular flexibility index (Phi) is 5.88. The average molecular weight is 298 g/mol. The fraction of sp³-hybridized carbons (Fsp3) is 0.938. The number of rotatable bonds is 7. The number of amides is 2. The van der Waals surface area contributed by atoms with E-state index in [4.69, 9.17) is 9.84 Å². The average Bonchev–Trinajstić information content (AvgIpc) is 2.96. The number of carbonyl (C=O) groups excluding carboxylic acids is 1. The van der Waals surface area contributed by atoms with Gasteiger partial charge < -0.3 is 20.5 Å². The Morgan fingerprint density at radius 1 is 1.43 bits per heavy atom. The molecule has 5 nitrogen and oxygen atoms in total. The molecule has 2 aliphatic carbocycles. The van der Waals surface area contributed by atoms with E-state index >= 15 is 0 Å². The van der Waals surface area contributed by atoms with E-state index in [1.54, 1.807) is 0 Å². The van der Waals surface area contributed by atoms with Crippen LogP contribution in [0.5, 0.6) is 0 Å². The van der Waals surface area contributed by atoms with Gasteiger partial charge in [0.05, 0.1) is 6.10 Å². The summed E-state index contributed by atoms with van der Waals surface area (Å²) in [6, 6.07) is 0.271. The van der Waals surface area contributed by atoms with Gasteiger partial charge in [-0.25, -0.2) is 4.79 Å². The minimum absolute atomic E-state index is 0.0772. The van der Waals surface area contributed by atoms with Crippen LogP contribution in [0.4, 0.5) is 4.79 Å². The van der Waals surface area contributed by atoms with E-state index in [2.05, 4.69) is 10.6 Å². The Balaban J connectivity index is 1.81. The van der Waals surface area contributed by atoms with Crippen molar-refractivity contribution in [3.8, 4) is 0 Å². The maximum atomic E-state index is 12.1. The summed E-state index contributed by atoms with van der Waals surface area (Å²) in [6.07, 6.45) is 7.62. The Hall–Kier alpha value is -0.810. The van der Waals surface area contributed by atoms with Crippen molar-refractivity contribution < 1.29 is 14.6 Å². The van der Waals surface area contributed by atoms with Crippen LogP contribution in [0.3, 0.4) is 0 Å². The Morgan fingerprint density at radius 2 is 2.14 bits per heavy atom. The molecule has 3 unspecified atom stereocenters. The first-order valence-electron chi connectivity index (χ1n) is 8.42. The molecular formula is C16H30N2O3. The van der Waals surface area contributed by atoms with E-state index in [9.17, 15) is 4.79 Å². The van der Waals surface area contributed by atoms with Crippen molar-refractivity contribution in [2.24, 2.45) is 5.41 Å². The zero-order chi connectivity index (χ0) is 15.3. The van der Waals surface area contributed by atoms with Gasteiger partial charge in [-0.15, -0.1) is 0 Å². The van der Waals surface area contributed by atoms with Crippen molar-refractivity contribution in [1.82, 2.24) is 10.6 Å². The maximum Gasteiger partial charge on any atom is 0.315 e. The summed E-state index contributed by atoms with van der Waals surface area (Å²) in [5.41, 5.74) is 0.182. The number of aliphatic hydroxyl groups excluding tert-OH is 1. The van der Waals surface area contributed by atoms with Crippen LogP contribution < -0.4 is 10.6 Å². The zero-order valence-corrected chi connectivity index (χ0v) is 13.4. The highest BCUT2D eigenvalue weighted by atomic mass is 16.5. The fourth-order valence-electron chi connectivity index (χ4n) is 3.98. The number of nitrogens with one attached hydrogen (secondary N) is 2. The van der Waals surface area contributed by atoms with E-state index < -0.39 is 0 Å². The highest BCUT2D eigenvalue weighted by molar-refractivity contribution is 5.74. The van der Waals surface area contributed by atoms with E-state index in [0.29, 0.717) is 6.10 Å². The van der Waals surface area contributed by atoms with Gasteiger partial charge in [0.2, 0.25) is 0 Å². The SMILES string of the molecule is CCOC1CC(NC(=O)NC(C)CCCO)C12CCCC2. The largest absolute Gasteiger partial charge is 0.396 e. The molecule has 2 fully saturated rings. The summed E-state index contributed by atoms with van der Waals surface area (Å²) < 4.78 is 5.86. The number of ether oxygens (including phenoxy) is 1. The van der Waals surface area contributed by atoms with Crippen LogP contribution in [0.15, 0.2) is 0 Å². The van der Waals surface area contributed by atoms with Crippen LogP contribution in [0.2, 0.25) is 0 Å². The molecule has 2 saturated carbocycles. The highest BCUT2D eigenvalue weighted by Crippen LogP contribution is 2.54. The van der Waals surface area contributed by atoms with Gasteiger partial charge in [-0.05, 0) is 46.0 Å². The normalized spacial score (nSPS) is 28.1. The number of urea groups is 1. The van der Waals surface area contributed by atoms with E-state index in [1.807, 2.05) is 13.8 Å². The summed E-state index contributed by atoms with van der Waals surface area (Å²) in [6.45, 7) is 4.95. The molecule has 0 heterocycles. The lowest BCUT2D eigenvalue weighted by atomic mass is 9.60. The molecule has 0 saturated heterocycles. The van der Waals surface area contributed by atoms with E-state index in [1.165, 1.54) is 25.7 Å². The van der Waals surface area contributed by atoms with Crippen molar-refractivity contribution in [1.29, 1.82) is 0 Å². The van der Waals surface area contributed by atoms with Crippen LogP contribution in [-0.2, 0) is 4.74 Å². The Bertz CT molecular complexity index is 342. The lowest BCUT2D eigenvalue weighted by Gasteiger charge is -2.54. The first-order valence-corrected chi connectivity index (χ1v) is 8.42. The van der Waals surface area contributed by atoms with Crippen molar-refractivity contribution >= 4 is 6.03 Å². The van der Waals surface area contributed by atoms with Gasteiger partial charge >= 0.3 is 6.03 Å². The standard InChI is InChI=1S/C16H30N2O3/c1-3-21-14-11-13(16(14)8-4-5-9-16)18-15(20)17-12(2)7-6-10-19/h12-14,19H,3-11H2,1-2H3,(H2,17,18,20). The molecule has 0 aromatic rings. The molecule has 2 amide bonds. The van der Waals surface area contributed by atoms with Crippen LogP contribution in [-0.4, -0.2) is 42.5 Å². The van der Waals surface area contributed by atoms with Crippen molar-refractivity contribution in [2.45, 2.75) is 77.0 Å². The smallest absolute Gasteiger partial charge is 0.315 e. The van der Waals surface area contributed by atoms with Crippen LogP contribution in [0.1, 0.15) is 58.8 Å². The molecule has 3 N–H and O–H groups in total. The summed E-state index contributed by atoms with van der Waals surface area (Å²) in [7, 11) is 0. The van der Waals surface area contributed by atoms with Crippen LogP contribution >= 0.6 is 0 Å². The molecule has 0 aliphatic heterocycles. The number of hydrogen-bond acceptors (Lipinski definition) is 3. The summed E-state index contributed by atoms with van der Waals surface area (Å²) >= 11 is 0. The molecule has 3 atom stereocenters. The van der Waals surface area contributed by atoms with Gasteiger partial charge in [-0.2, -0.15) is 0 Å². The summed E-state index contributed by atoms with van der Waals surface area (Å²) in [5, 5.41) is 14.9. The molecule has 21 heavy (non-hydrogen) atoms. The van der Waals surface area contributed by atoms with E-state index in [-0.39, 0.29) is 30.1 Å². The Labute approximate surface area is 127 Å². The third kappa shape index (κ3) is 3.69. The predicted octanol–water partition coefficient (Wildman–Crippen LogP) is 2.18. The van der Waals surface area contributed by atoms with Gasteiger partial charge in [0.15, 0.2) is 0 Å². The quantitative estimate of drug-likeness (QED) is 0.674. The van der Waals surface area contributed by atoms with Crippen molar-refractivity contribution in [3.05, 3.63) is 0 Å². The van der Waals surface area contributed by atoms with Gasteiger partial charge in [0.1, 0.15) is 0 Å². The first kappa shape index (κ1) is 16.6. The van der Waals surface area contributed by atoms with Gasteiger partial charge in [-0.1, -0.05) is 12.8 Å². The topological polar surface area (TPSA) is 70.6 Å². The monoisotopic (exact) mass is 298 g/mol. The second-order valence-corrected chi connectivity index (χ2v) is 6.56. The van der Waals surface area contributed by atoms with Crippen LogP contribution in [0, 0.1) is 5.41 Å². The first-order chi connectivity index (χ1) is 10.1. The molecule has 0 bridgehead atoms. The molecule has 122 valence electrons. The predicted molar refractivity (Wildman–Crippen MR) is 82.2 cm³/mol. The number of hydrogen-bond donors (Lipinski definition) is 3. The third-order valence-electron chi connectivity index (χ3n) is 5.17. The van der Waals surface area contributed by atoms with Crippen molar-refractivity contribution in [2.75, 3.05) is 13.2 Å². The molecule has 2 aliphatic rings. The molecular weight excluding hydrogens is 268 g/mol. The lowest BCUT2D eigenvalue weighted by molar-refractivity contribution is -0.126. The molecule has 0 aromatic carbocycles. The molecule has 2 rings (SSSR count). The maximum absolute atomic E-state index is 12.1. The second kappa shape index (κ2) is 7.45. The van der Waals surface area contributed by atoms with Gasteiger partial charge in [-0.3, -0.25) is 0 Å². The number of carbonyl (C=O) groups is 1. The third-order valence-corrected chi connectivity index (χ3v) is 5.17. The molecule has 1 spiro atoms. The van der Waals surface area contributed by atoms with E-state index in [0.717, 1.165) is 25.9 Å². The second-order valence-electron chi connectivity index (χ2n) is 6.56. The fourth-order valence-corrected chi connectivity index (χ4v) is 3.98. The molecule has 0 radical (unpaired) electrons. The van der Waals surface area contributed by atoms with Crippen molar-refractivity contribution in [3.63, 3.8) is 0 Å². The minimum Gasteiger partial charge on any atom is -0.396 e. The minimum atomic E-state index is -0.0772. The molecule has 0 aromatic heterocycles. The summed E-state index contributed by atoms with van der Waals surface area (Å²) in [4.78, 5) is 12.1. The highest BCUT2D eigenvalue weighted by Gasteiger charge is 2.57. The molecule has 5 heteroatoms. The van der Waals surface area contributed by atoms with Gasteiger partial charge in [0, 0.05) is 30.7 Å².